The number of hydrogen-bond donors (Lipinski definition) is 0. The highest BCUT2D eigenvalue weighted by Crippen LogP contribution is 2.67. The van der Waals surface area contributed by atoms with Crippen molar-refractivity contribution in [3.63, 3.8) is 0 Å². The zero-order chi connectivity index (χ0) is 26.5. The second-order valence-electron chi connectivity index (χ2n) is 10.7. The van der Waals surface area contributed by atoms with Crippen molar-refractivity contribution in [2.75, 3.05) is 18.1 Å². The molecule has 37 heavy (non-hydrogen) atoms. The van der Waals surface area contributed by atoms with Gasteiger partial charge in [-0.1, -0.05) is 66.5 Å². The molecule has 0 N–H and O–H groups in total. The summed E-state index contributed by atoms with van der Waals surface area (Å²) < 4.78 is 99.5. The third-order valence-electron chi connectivity index (χ3n) is 8.35. The largest absolute Gasteiger partial charge is 0.432 e. The predicted molar refractivity (Wildman–Crippen MR) is 138 cm³/mol. The van der Waals surface area contributed by atoms with Gasteiger partial charge < -0.3 is 4.74 Å². The fraction of sp³-hybridized carbons (Fsp3) is 0.630. The van der Waals surface area contributed by atoms with Gasteiger partial charge in [-0.05, 0) is 60.8 Å². The molecule has 5 unspecified atom stereocenters. The van der Waals surface area contributed by atoms with Crippen LogP contribution in [0.5, 0.6) is 0 Å². The molecule has 1 saturated heterocycles. The molecule has 1 heterocycles. The van der Waals surface area contributed by atoms with Crippen molar-refractivity contribution in [3.8, 4) is 0 Å². The van der Waals surface area contributed by atoms with E-state index < -0.39 is 49.5 Å². The molecule has 10 heteroatoms. The van der Waals surface area contributed by atoms with Gasteiger partial charge in [0.25, 0.3) is 0 Å². The lowest BCUT2D eigenvalue weighted by molar-refractivity contribution is -0.202. The lowest BCUT2D eigenvalue weighted by atomic mass is 9.84. The zero-order valence-electron chi connectivity index (χ0n) is 20.9. The molecule has 0 radical (unpaired) electrons. The molecule has 0 spiro atoms. The van der Waals surface area contributed by atoms with Crippen molar-refractivity contribution < 1.29 is 34.3 Å². The lowest BCUT2D eigenvalue weighted by Crippen LogP contribution is -2.53. The van der Waals surface area contributed by atoms with Gasteiger partial charge in [-0.2, -0.15) is 26.0 Å². The van der Waals surface area contributed by atoms with Gasteiger partial charge in [0.2, 0.25) is 0 Å². The van der Waals surface area contributed by atoms with Crippen LogP contribution in [0.1, 0.15) is 51.9 Å². The SMILES string of the molecule is CCCCOC1CCS(OS(=O)(=O)C(F)(F)C(F)(F)C2CC3CCC2C3)(c2cccc3ccccc23)C1. The summed E-state index contributed by atoms with van der Waals surface area (Å²) in [5, 5.41) is -3.86. The van der Waals surface area contributed by atoms with Gasteiger partial charge in [0, 0.05) is 28.9 Å². The average molecular weight is 563 g/mol. The molecule has 4 nitrogen and oxygen atoms in total. The maximum absolute atomic E-state index is 15.5. The van der Waals surface area contributed by atoms with Crippen LogP contribution in [0.3, 0.4) is 0 Å². The van der Waals surface area contributed by atoms with Crippen LogP contribution in [0.2, 0.25) is 0 Å². The van der Waals surface area contributed by atoms with Crippen LogP contribution in [0.15, 0.2) is 47.4 Å². The second-order valence-corrected chi connectivity index (χ2v) is 15.5. The minimum Gasteiger partial charge on any atom is -0.377 e. The molecule has 1 aliphatic heterocycles. The normalized spacial score (nSPS) is 32.1. The average Bonchev–Trinajstić information content (AvgIpc) is 3.60. The number of ether oxygens (including phenoxy) is 1. The summed E-state index contributed by atoms with van der Waals surface area (Å²) in [4.78, 5) is 0.481. The molecular formula is C27H34F4O4S2. The molecule has 3 fully saturated rings. The van der Waals surface area contributed by atoms with Crippen LogP contribution in [-0.4, -0.2) is 43.8 Å². The van der Waals surface area contributed by atoms with Crippen molar-refractivity contribution in [1.82, 2.24) is 0 Å². The highest BCUT2D eigenvalue weighted by molar-refractivity contribution is 8.33. The molecule has 3 aliphatic rings. The van der Waals surface area contributed by atoms with E-state index in [9.17, 15) is 8.42 Å². The van der Waals surface area contributed by atoms with Crippen molar-refractivity contribution in [3.05, 3.63) is 42.5 Å². The third-order valence-corrected chi connectivity index (χ3v) is 14.0. The molecule has 5 rings (SSSR count). The number of benzene rings is 2. The first-order chi connectivity index (χ1) is 17.5. The van der Waals surface area contributed by atoms with Crippen molar-refractivity contribution in [2.45, 2.75) is 74.0 Å². The Morgan fingerprint density at radius 2 is 1.76 bits per heavy atom. The summed E-state index contributed by atoms with van der Waals surface area (Å²) in [6.45, 7) is 2.47. The summed E-state index contributed by atoms with van der Waals surface area (Å²) >= 11 is 0. The molecule has 2 aliphatic carbocycles. The van der Waals surface area contributed by atoms with Crippen LogP contribution in [0.25, 0.3) is 10.8 Å². The smallest absolute Gasteiger partial charge is 0.377 e. The Balaban J connectivity index is 1.51. The fourth-order valence-electron chi connectivity index (χ4n) is 6.42. The summed E-state index contributed by atoms with van der Waals surface area (Å²) in [5.41, 5.74) is 0. The molecule has 206 valence electrons. The highest BCUT2D eigenvalue weighted by Gasteiger charge is 2.73. The Hall–Kier alpha value is -1.36. The van der Waals surface area contributed by atoms with Crippen molar-refractivity contribution >= 4 is 31.2 Å². The summed E-state index contributed by atoms with van der Waals surface area (Å²) in [6, 6.07) is 12.4. The monoisotopic (exact) mass is 562 g/mol. The Morgan fingerprint density at radius 3 is 2.46 bits per heavy atom. The number of halogens is 4. The zero-order valence-corrected chi connectivity index (χ0v) is 22.5. The number of unbranched alkanes of at least 4 members (excludes halogenated alkanes) is 1. The van der Waals surface area contributed by atoms with Crippen LogP contribution >= 0.6 is 10.3 Å². The minimum atomic E-state index is -5.98. The topological polar surface area (TPSA) is 52.6 Å². The molecule has 2 aromatic carbocycles. The minimum absolute atomic E-state index is 0.0381. The van der Waals surface area contributed by atoms with E-state index in [4.69, 9.17) is 8.37 Å². The Morgan fingerprint density at radius 1 is 1.00 bits per heavy atom. The van der Waals surface area contributed by atoms with Crippen molar-refractivity contribution in [2.24, 2.45) is 17.8 Å². The van der Waals surface area contributed by atoms with Gasteiger partial charge >= 0.3 is 21.3 Å². The summed E-state index contributed by atoms with van der Waals surface area (Å²) in [5.74, 6) is -6.77. The third kappa shape index (κ3) is 4.70. The summed E-state index contributed by atoms with van der Waals surface area (Å²) in [6.07, 6.45) is 3.28. The van der Waals surface area contributed by atoms with Crippen molar-refractivity contribution in [1.29, 1.82) is 0 Å². The number of alkyl halides is 4. The first kappa shape index (κ1) is 27.2. The van der Waals surface area contributed by atoms with E-state index in [0.717, 1.165) is 24.6 Å². The standard InChI is InChI=1S/C27H34F4O4S2/c1-2-3-14-34-22-13-15-36(18-22,25-10-6-8-20-7-4-5-9-23(20)25)35-37(32,33)27(30,31)26(28,29)24-17-19-11-12-21(24)16-19/h4-10,19,21-22,24H,2-3,11-18H2,1H3. The number of hydrogen-bond acceptors (Lipinski definition) is 4. The molecular weight excluding hydrogens is 528 g/mol. The first-order valence-electron chi connectivity index (χ1n) is 13.1. The maximum Gasteiger partial charge on any atom is 0.432 e. The van der Waals surface area contributed by atoms with Gasteiger partial charge in [-0.3, -0.25) is 0 Å². The number of rotatable bonds is 10. The lowest BCUT2D eigenvalue weighted by Gasteiger charge is -2.39. The van der Waals surface area contributed by atoms with E-state index in [1.165, 1.54) is 0 Å². The van der Waals surface area contributed by atoms with Crippen LogP contribution in [-0.2, 0) is 18.5 Å². The van der Waals surface area contributed by atoms with Gasteiger partial charge in [-0.15, -0.1) is 0 Å². The van der Waals surface area contributed by atoms with Gasteiger partial charge in [0.15, 0.2) is 0 Å². The summed E-state index contributed by atoms with van der Waals surface area (Å²) in [7, 11) is -8.89. The van der Waals surface area contributed by atoms with Crippen LogP contribution in [0.4, 0.5) is 17.6 Å². The quantitative estimate of drug-likeness (QED) is 0.222. The van der Waals surface area contributed by atoms with Crippen LogP contribution in [0, 0.1) is 17.8 Å². The molecule has 0 aromatic heterocycles. The van der Waals surface area contributed by atoms with E-state index in [1.807, 2.05) is 25.1 Å². The van der Waals surface area contributed by atoms with Crippen LogP contribution < -0.4 is 0 Å². The second kappa shape index (κ2) is 9.99. The van der Waals surface area contributed by atoms with E-state index in [-0.39, 0.29) is 23.8 Å². The molecule has 2 saturated carbocycles. The van der Waals surface area contributed by atoms with E-state index in [0.29, 0.717) is 36.2 Å². The fourth-order valence-corrected chi connectivity index (χ4v) is 12.4. The van der Waals surface area contributed by atoms with E-state index in [1.54, 1.807) is 24.3 Å². The Bertz CT molecular complexity index is 1230. The first-order valence-corrected chi connectivity index (χ1v) is 16.4. The Labute approximate surface area is 217 Å². The number of fused-ring (bicyclic) bond motifs is 3. The Kier molecular flexibility index (Phi) is 7.35. The molecule has 2 bridgehead atoms. The molecule has 0 amide bonds. The van der Waals surface area contributed by atoms with Gasteiger partial charge in [0.05, 0.1) is 6.10 Å². The maximum atomic E-state index is 15.5. The molecule has 2 aromatic rings. The van der Waals surface area contributed by atoms with E-state index in [2.05, 4.69) is 0 Å². The highest BCUT2D eigenvalue weighted by atomic mass is 32.3. The predicted octanol–water partition coefficient (Wildman–Crippen LogP) is 7.52. The van der Waals surface area contributed by atoms with E-state index >= 15 is 17.6 Å². The molecule has 5 atom stereocenters. The van der Waals surface area contributed by atoms with Gasteiger partial charge in [-0.25, -0.2) is 3.63 Å². The van der Waals surface area contributed by atoms with Gasteiger partial charge in [0.1, 0.15) is 0 Å².